The van der Waals surface area contributed by atoms with E-state index in [2.05, 4.69) is 15.2 Å². The Balaban J connectivity index is 3.15. The van der Waals surface area contributed by atoms with Crippen LogP contribution in [0.4, 0.5) is 0 Å². The van der Waals surface area contributed by atoms with Crippen molar-refractivity contribution >= 4 is 69.6 Å². The molecule has 0 saturated carbocycles. The van der Waals surface area contributed by atoms with E-state index in [1.807, 2.05) is 0 Å². The van der Waals surface area contributed by atoms with Crippen molar-refractivity contribution in [3.63, 3.8) is 0 Å². The summed E-state index contributed by atoms with van der Waals surface area (Å²) in [7, 11) is 0. The minimum absolute atomic E-state index is 0.0406. The number of rotatable bonds is 0. The third-order valence-corrected chi connectivity index (χ3v) is 2.19. The highest BCUT2D eigenvalue weighted by atomic mass is 35.6. The largest absolute Gasteiger partial charge is 0.252 e. The van der Waals surface area contributed by atoms with Crippen molar-refractivity contribution in [3.8, 4) is 0 Å². The monoisotopic (exact) mass is 313 g/mol. The lowest BCUT2D eigenvalue weighted by Gasteiger charge is -2.12. The van der Waals surface area contributed by atoms with Crippen molar-refractivity contribution in [1.29, 1.82) is 0 Å². The molecule has 1 heterocycles. The summed E-state index contributed by atoms with van der Waals surface area (Å²) in [6.07, 6.45) is 1.17. The SMILES string of the molecule is ClC(Cl)(Cl)c1cnnc(C(Cl)(Cl)Cl)n1. The van der Waals surface area contributed by atoms with E-state index in [0.29, 0.717) is 0 Å². The fourth-order valence-electron chi connectivity index (χ4n) is 0.560. The van der Waals surface area contributed by atoms with E-state index in [4.69, 9.17) is 69.6 Å². The number of alkyl halides is 6. The van der Waals surface area contributed by atoms with Crippen LogP contribution in [0.1, 0.15) is 11.5 Å². The Morgan fingerprint density at radius 3 is 1.93 bits per heavy atom. The molecule has 0 amide bonds. The quantitative estimate of drug-likeness (QED) is 0.688. The van der Waals surface area contributed by atoms with Gasteiger partial charge in [-0.1, -0.05) is 69.6 Å². The first-order valence-corrected chi connectivity index (χ1v) is 5.32. The molecule has 1 rings (SSSR count). The molecule has 0 radical (unpaired) electrons. The first-order chi connectivity index (χ1) is 6.21. The lowest BCUT2D eigenvalue weighted by molar-refractivity contribution is 0.824. The minimum Gasteiger partial charge on any atom is -0.226 e. The van der Waals surface area contributed by atoms with E-state index in [-0.39, 0.29) is 11.5 Å². The minimum atomic E-state index is -1.79. The van der Waals surface area contributed by atoms with Gasteiger partial charge in [0.1, 0.15) is 5.69 Å². The van der Waals surface area contributed by atoms with Crippen LogP contribution in [-0.4, -0.2) is 15.2 Å². The number of hydrogen-bond donors (Lipinski definition) is 0. The molecule has 0 unspecified atom stereocenters. The third-order valence-electron chi connectivity index (χ3n) is 1.10. The van der Waals surface area contributed by atoms with Crippen molar-refractivity contribution in [2.45, 2.75) is 7.59 Å². The lowest BCUT2D eigenvalue weighted by Crippen LogP contribution is -2.14. The molecule has 14 heavy (non-hydrogen) atoms. The topological polar surface area (TPSA) is 38.7 Å². The van der Waals surface area contributed by atoms with Crippen LogP contribution in [0.15, 0.2) is 6.20 Å². The van der Waals surface area contributed by atoms with Crippen molar-refractivity contribution < 1.29 is 0 Å². The number of aromatic nitrogens is 3. The molecule has 0 aliphatic rings. The molecule has 1 aromatic rings. The van der Waals surface area contributed by atoms with Gasteiger partial charge < -0.3 is 0 Å². The molecule has 0 atom stereocenters. The van der Waals surface area contributed by atoms with Crippen LogP contribution in [0.3, 0.4) is 0 Å². The molecule has 0 aliphatic carbocycles. The summed E-state index contributed by atoms with van der Waals surface area (Å²) in [6.45, 7) is 0. The van der Waals surface area contributed by atoms with Crippen LogP contribution in [0, 0.1) is 0 Å². The Morgan fingerprint density at radius 2 is 1.50 bits per heavy atom. The first-order valence-electron chi connectivity index (χ1n) is 3.05. The molecule has 0 saturated heterocycles. The zero-order valence-corrected chi connectivity index (χ0v) is 10.7. The molecule has 0 bridgehead atoms. The highest BCUT2D eigenvalue weighted by Gasteiger charge is 2.31. The van der Waals surface area contributed by atoms with E-state index in [9.17, 15) is 0 Å². The van der Waals surface area contributed by atoms with Crippen molar-refractivity contribution in [2.24, 2.45) is 0 Å². The van der Waals surface area contributed by atoms with E-state index in [0.717, 1.165) is 0 Å². The Kier molecular flexibility index (Phi) is 3.95. The molecule has 9 heteroatoms. The maximum atomic E-state index is 5.55. The van der Waals surface area contributed by atoms with Crippen LogP contribution >= 0.6 is 69.6 Å². The normalized spacial score (nSPS) is 13.0. The van der Waals surface area contributed by atoms with Gasteiger partial charge in [-0.3, -0.25) is 0 Å². The second-order valence-corrected chi connectivity index (χ2v) is 6.72. The van der Waals surface area contributed by atoms with Crippen LogP contribution in [0.25, 0.3) is 0 Å². The first kappa shape index (κ1) is 12.8. The fraction of sp³-hybridized carbons (Fsp3) is 0.400. The predicted octanol–water partition coefficient (Wildman–Crippen LogP) is 3.53. The second-order valence-electron chi connectivity index (χ2n) is 2.16. The maximum absolute atomic E-state index is 5.55. The van der Waals surface area contributed by atoms with Crippen molar-refractivity contribution in [1.82, 2.24) is 15.2 Å². The molecule has 78 valence electrons. The predicted molar refractivity (Wildman–Crippen MR) is 58.3 cm³/mol. The second kappa shape index (κ2) is 4.32. The summed E-state index contributed by atoms with van der Waals surface area (Å²) in [5, 5.41) is 6.99. The highest BCUT2D eigenvalue weighted by molar-refractivity contribution is 6.67. The summed E-state index contributed by atoms with van der Waals surface area (Å²) in [6, 6.07) is 0. The van der Waals surface area contributed by atoms with Gasteiger partial charge in [-0.25, -0.2) is 4.98 Å². The number of halogens is 6. The molecule has 3 nitrogen and oxygen atoms in total. The van der Waals surface area contributed by atoms with Gasteiger partial charge in [0.15, 0.2) is 0 Å². The molecule has 0 N–H and O–H groups in total. The lowest BCUT2D eigenvalue weighted by atomic mass is 10.5. The van der Waals surface area contributed by atoms with Crippen molar-refractivity contribution in [3.05, 3.63) is 17.7 Å². The fourth-order valence-corrected chi connectivity index (χ4v) is 1.07. The molecular formula is C5HCl6N3. The van der Waals surface area contributed by atoms with Gasteiger partial charge in [0.2, 0.25) is 9.62 Å². The van der Waals surface area contributed by atoms with Gasteiger partial charge in [0, 0.05) is 0 Å². The summed E-state index contributed by atoms with van der Waals surface area (Å²) < 4.78 is -3.51. The Bertz CT molecular complexity index is 300. The smallest absolute Gasteiger partial charge is 0.226 e. The average molecular weight is 316 g/mol. The molecule has 0 aliphatic heterocycles. The Morgan fingerprint density at radius 1 is 0.929 bits per heavy atom. The summed E-state index contributed by atoms with van der Waals surface area (Å²) in [5.41, 5.74) is 0.0406. The Labute approximate surface area is 110 Å². The van der Waals surface area contributed by atoms with E-state index < -0.39 is 7.59 Å². The zero-order valence-electron chi connectivity index (χ0n) is 6.19. The summed E-state index contributed by atoms with van der Waals surface area (Å²) in [5.74, 6) is -0.147. The van der Waals surface area contributed by atoms with Gasteiger partial charge in [-0.05, 0) is 0 Å². The molecule has 0 fully saturated rings. The van der Waals surface area contributed by atoms with E-state index in [1.54, 1.807) is 0 Å². The van der Waals surface area contributed by atoms with Gasteiger partial charge in [-0.15, -0.1) is 5.10 Å². The van der Waals surface area contributed by atoms with Crippen LogP contribution in [-0.2, 0) is 7.59 Å². The zero-order chi connectivity index (χ0) is 11.0. The molecule has 0 spiro atoms. The van der Waals surface area contributed by atoms with E-state index >= 15 is 0 Å². The number of hydrogen-bond acceptors (Lipinski definition) is 3. The van der Waals surface area contributed by atoms with E-state index in [1.165, 1.54) is 6.20 Å². The molecular weight excluding hydrogens is 315 g/mol. The molecule has 1 aromatic heterocycles. The van der Waals surface area contributed by atoms with Crippen LogP contribution < -0.4 is 0 Å². The van der Waals surface area contributed by atoms with Gasteiger partial charge >= 0.3 is 0 Å². The maximum Gasteiger partial charge on any atom is 0.252 e. The van der Waals surface area contributed by atoms with Crippen LogP contribution in [0.2, 0.25) is 0 Å². The highest BCUT2D eigenvalue weighted by Crippen LogP contribution is 2.39. The summed E-state index contributed by atoms with van der Waals surface area (Å²) >= 11 is 33.2. The van der Waals surface area contributed by atoms with Gasteiger partial charge in [0.05, 0.1) is 6.20 Å². The standard InChI is InChI=1S/C5HCl6N3/c6-4(7,8)2-1-12-14-3(13-2)5(9,10)11/h1H. The third kappa shape index (κ3) is 3.40. The summed E-state index contributed by atoms with van der Waals surface area (Å²) in [4.78, 5) is 3.75. The van der Waals surface area contributed by atoms with Crippen LogP contribution in [0.5, 0.6) is 0 Å². The van der Waals surface area contributed by atoms with Crippen molar-refractivity contribution in [2.75, 3.05) is 0 Å². The molecule has 0 aromatic carbocycles. The number of nitrogens with zero attached hydrogens (tertiary/aromatic N) is 3. The van der Waals surface area contributed by atoms with Gasteiger partial charge in [-0.2, -0.15) is 5.10 Å². The average Bonchev–Trinajstić information content (AvgIpc) is 2.01. The van der Waals surface area contributed by atoms with Gasteiger partial charge in [0.25, 0.3) is 3.79 Å². The Hall–Kier alpha value is 0.750.